The quantitative estimate of drug-likeness (QED) is 0.528. The van der Waals surface area contributed by atoms with Gasteiger partial charge in [-0.15, -0.1) is 21.5 Å². The van der Waals surface area contributed by atoms with E-state index in [0.717, 1.165) is 20.0 Å². The minimum Gasteiger partial charge on any atom is -0.390 e. The number of hydrogen-bond acceptors (Lipinski definition) is 8. The Morgan fingerprint density at radius 3 is 3.00 bits per heavy atom. The molecule has 1 unspecified atom stereocenters. The summed E-state index contributed by atoms with van der Waals surface area (Å²) in [5.41, 5.74) is 2.18. The standard InChI is InChI=1S/C17H19N3O2S3/c1-12-4-2-5-13(8-12)18-16-19-20-17(25-16)24-11-14(21)9-22-10-15-6-3-7-23-15/h2-8,14,21H,9-11H2,1H3,(H,18,19). The van der Waals surface area contributed by atoms with Gasteiger partial charge in [-0.05, 0) is 36.1 Å². The maximum atomic E-state index is 10.0. The van der Waals surface area contributed by atoms with Crippen molar-refractivity contribution in [3.8, 4) is 0 Å². The molecule has 3 rings (SSSR count). The van der Waals surface area contributed by atoms with Crippen molar-refractivity contribution in [2.45, 2.75) is 24.0 Å². The van der Waals surface area contributed by atoms with E-state index in [1.54, 1.807) is 11.3 Å². The summed E-state index contributed by atoms with van der Waals surface area (Å²) >= 11 is 4.62. The van der Waals surface area contributed by atoms with E-state index in [4.69, 9.17) is 4.74 Å². The van der Waals surface area contributed by atoms with Gasteiger partial charge in [-0.1, -0.05) is 41.3 Å². The van der Waals surface area contributed by atoms with Gasteiger partial charge in [0, 0.05) is 16.3 Å². The molecular formula is C17H19N3O2S3. The first kappa shape index (κ1) is 18.3. The second-order valence-corrected chi connectivity index (χ2v) is 8.70. The molecule has 0 bridgehead atoms. The first-order valence-electron chi connectivity index (χ1n) is 7.77. The van der Waals surface area contributed by atoms with Crippen LogP contribution in [0.5, 0.6) is 0 Å². The van der Waals surface area contributed by atoms with Crippen LogP contribution in [0, 0.1) is 6.92 Å². The molecule has 0 aliphatic rings. The Balaban J connectivity index is 1.40. The van der Waals surface area contributed by atoms with E-state index in [2.05, 4.69) is 34.6 Å². The van der Waals surface area contributed by atoms with E-state index in [9.17, 15) is 5.11 Å². The highest BCUT2D eigenvalue weighted by molar-refractivity contribution is 8.01. The zero-order chi connectivity index (χ0) is 17.5. The number of ether oxygens (including phenoxy) is 1. The summed E-state index contributed by atoms with van der Waals surface area (Å²) in [5, 5.41) is 24.3. The zero-order valence-corrected chi connectivity index (χ0v) is 16.2. The van der Waals surface area contributed by atoms with Crippen LogP contribution in [-0.2, 0) is 11.3 Å². The number of aryl methyl sites for hydroxylation is 1. The number of hydrogen-bond donors (Lipinski definition) is 2. The largest absolute Gasteiger partial charge is 0.390 e. The lowest BCUT2D eigenvalue weighted by Gasteiger charge is -2.09. The van der Waals surface area contributed by atoms with Gasteiger partial charge in [0.2, 0.25) is 5.13 Å². The summed E-state index contributed by atoms with van der Waals surface area (Å²) in [6, 6.07) is 12.1. The molecule has 132 valence electrons. The number of aliphatic hydroxyl groups excluding tert-OH is 1. The Morgan fingerprint density at radius 1 is 1.28 bits per heavy atom. The molecule has 5 nitrogen and oxygen atoms in total. The summed E-state index contributed by atoms with van der Waals surface area (Å²) < 4.78 is 6.35. The molecule has 0 radical (unpaired) electrons. The summed E-state index contributed by atoms with van der Waals surface area (Å²) in [6.45, 7) is 2.91. The van der Waals surface area contributed by atoms with Crippen LogP contribution < -0.4 is 5.32 Å². The number of aromatic nitrogens is 2. The van der Waals surface area contributed by atoms with Gasteiger partial charge in [0.1, 0.15) is 0 Å². The van der Waals surface area contributed by atoms with Crippen LogP contribution in [0.1, 0.15) is 10.4 Å². The molecule has 2 N–H and O–H groups in total. The molecule has 1 aromatic carbocycles. The average Bonchev–Trinajstić information content (AvgIpc) is 3.25. The highest BCUT2D eigenvalue weighted by Gasteiger charge is 2.10. The number of thioether (sulfide) groups is 1. The van der Waals surface area contributed by atoms with Crippen LogP contribution in [0.3, 0.4) is 0 Å². The third-order valence-corrected chi connectivity index (χ3v) is 6.18. The Labute approximate surface area is 159 Å². The lowest BCUT2D eigenvalue weighted by atomic mass is 10.2. The smallest absolute Gasteiger partial charge is 0.210 e. The van der Waals surface area contributed by atoms with E-state index in [0.29, 0.717) is 19.0 Å². The van der Waals surface area contributed by atoms with Crippen molar-refractivity contribution in [1.82, 2.24) is 10.2 Å². The lowest BCUT2D eigenvalue weighted by molar-refractivity contribution is 0.0409. The second-order valence-electron chi connectivity index (χ2n) is 5.43. The van der Waals surface area contributed by atoms with Gasteiger partial charge >= 0.3 is 0 Å². The number of aliphatic hydroxyl groups is 1. The van der Waals surface area contributed by atoms with E-state index in [-0.39, 0.29) is 0 Å². The predicted molar refractivity (Wildman–Crippen MR) is 105 cm³/mol. The van der Waals surface area contributed by atoms with Crippen LogP contribution >= 0.6 is 34.4 Å². The molecule has 8 heteroatoms. The van der Waals surface area contributed by atoms with Crippen LogP contribution in [0.25, 0.3) is 0 Å². The van der Waals surface area contributed by atoms with Crippen molar-refractivity contribution in [2.75, 3.05) is 17.7 Å². The van der Waals surface area contributed by atoms with E-state index in [1.807, 2.05) is 29.6 Å². The molecule has 2 aromatic heterocycles. The molecule has 2 heterocycles. The van der Waals surface area contributed by atoms with Gasteiger partial charge in [-0.25, -0.2) is 0 Å². The Bertz CT molecular complexity index is 777. The molecule has 0 saturated carbocycles. The van der Waals surface area contributed by atoms with E-state index in [1.165, 1.54) is 28.7 Å². The molecule has 0 aliphatic heterocycles. The van der Waals surface area contributed by atoms with Gasteiger partial charge < -0.3 is 15.2 Å². The fraction of sp³-hybridized carbons (Fsp3) is 0.294. The van der Waals surface area contributed by atoms with Crippen molar-refractivity contribution < 1.29 is 9.84 Å². The van der Waals surface area contributed by atoms with Crippen molar-refractivity contribution in [3.63, 3.8) is 0 Å². The SMILES string of the molecule is Cc1cccc(Nc2nnc(SCC(O)COCc3cccs3)s2)c1. The molecule has 0 saturated heterocycles. The van der Waals surface area contributed by atoms with Crippen molar-refractivity contribution >= 4 is 45.3 Å². The Hall–Kier alpha value is -1.45. The topological polar surface area (TPSA) is 67.3 Å². The highest BCUT2D eigenvalue weighted by atomic mass is 32.2. The summed E-state index contributed by atoms with van der Waals surface area (Å²) in [6.07, 6.45) is -0.526. The number of rotatable bonds is 9. The van der Waals surface area contributed by atoms with Gasteiger partial charge in [0.05, 0.1) is 19.3 Å². The number of thiophene rings is 1. The third kappa shape index (κ3) is 6.09. The number of benzene rings is 1. The Morgan fingerprint density at radius 2 is 2.20 bits per heavy atom. The lowest BCUT2D eigenvalue weighted by Crippen LogP contribution is -2.17. The third-order valence-electron chi connectivity index (χ3n) is 3.21. The van der Waals surface area contributed by atoms with Gasteiger partial charge in [0.25, 0.3) is 0 Å². The fourth-order valence-electron chi connectivity index (χ4n) is 2.07. The Kier molecular flexibility index (Phi) is 6.83. The minimum atomic E-state index is -0.526. The summed E-state index contributed by atoms with van der Waals surface area (Å²) in [4.78, 5) is 1.16. The maximum absolute atomic E-state index is 10.0. The number of nitrogens with zero attached hydrogens (tertiary/aromatic N) is 2. The van der Waals surface area contributed by atoms with Gasteiger partial charge in [0.15, 0.2) is 4.34 Å². The van der Waals surface area contributed by atoms with Crippen molar-refractivity contribution in [1.29, 1.82) is 0 Å². The van der Waals surface area contributed by atoms with Crippen LogP contribution in [-0.4, -0.2) is 33.8 Å². The molecule has 0 fully saturated rings. The molecule has 25 heavy (non-hydrogen) atoms. The number of nitrogens with one attached hydrogen (secondary N) is 1. The van der Waals surface area contributed by atoms with Crippen LogP contribution in [0.2, 0.25) is 0 Å². The summed E-state index contributed by atoms with van der Waals surface area (Å²) in [5.74, 6) is 0.531. The molecule has 0 spiro atoms. The van der Waals surface area contributed by atoms with Crippen LogP contribution in [0.15, 0.2) is 46.1 Å². The second kappa shape index (κ2) is 9.30. The van der Waals surface area contributed by atoms with Gasteiger partial charge in [-0.3, -0.25) is 0 Å². The normalized spacial score (nSPS) is 12.2. The van der Waals surface area contributed by atoms with Crippen molar-refractivity contribution in [2.24, 2.45) is 0 Å². The monoisotopic (exact) mass is 393 g/mol. The molecule has 1 atom stereocenters. The van der Waals surface area contributed by atoms with Crippen molar-refractivity contribution in [3.05, 3.63) is 52.2 Å². The predicted octanol–water partition coefficient (Wildman–Crippen LogP) is 4.32. The number of anilines is 2. The average molecular weight is 394 g/mol. The molecule has 0 amide bonds. The zero-order valence-electron chi connectivity index (χ0n) is 13.7. The van der Waals surface area contributed by atoms with E-state index < -0.39 is 6.10 Å². The first-order chi connectivity index (χ1) is 12.2. The summed E-state index contributed by atoms with van der Waals surface area (Å²) in [7, 11) is 0. The maximum Gasteiger partial charge on any atom is 0.210 e. The minimum absolute atomic E-state index is 0.318. The molecule has 0 aliphatic carbocycles. The van der Waals surface area contributed by atoms with E-state index >= 15 is 0 Å². The molecule has 3 aromatic rings. The first-order valence-corrected chi connectivity index (χ1v) is 10.5. The van der Waals surface area contributed by atoms with Crippen LogP contribution in [0.4, 0.5) is 10.8 Å². The molecular weight excluding hydrogens is 374 g/mol. The fourth-order valence-corrected chi connectivity index (χ4v) is 4.42. The van der Waals surface area contributed by atoms with Gasteiger partial charge in [-0.2, -0.15) is 0 Å². The highest BCUT2D eigenvalue weighted by Crippen LogP contribution is 2.28.